The second kappa shape index (κ2) is 9.38. The zero-order valence-corrected chi connectivity index (χ0v) is 20.7. The Balaban J connectivity index is 1.49. The third-order valence-corrected chi connectivity index (χ3v) is 6.46. The average Bonchev–Trinajstić information content (AvgIpc) is 2.77. The summed E-state index contributed by atoms with van der Waals surface area (Å²) >= 11 is 6.12. The molecule has 0 unspecified atom stereocenters. The van der Waals surface area contributed by atoms with Gasteiger partial charge in [-0.2, -0.15) is 0 Å². The number of fused-ring (bicyclic) bond motifs is 1. The molecule has 4 rings (SSSR count). The van der Waals surface area contributed by atoms with Gasteiger partial charge < -0.3 is 19.5 Å². The lowest BCUT2D eigenvalue weighted by Gasteiger charge is -2.44. The maximum Gasteiger partial charge on any atom is 0.410 e. The van der Waals surface area contributed by atoms with Crippen LogP contribution in [-0.2, 0) is 4.74 Å². The molecule has 2 aliphatic heterocycles. The Morgan fingerprint density at radius 1 is 1.17 bits per heavy atom. The number of hydrogen-bond acceptors (Lipinski definition) is 6. The normalized spacial score (nSPS) is 17.3. The van der Waals surface area contributed by atoms with Gasteiger partial charge in [-0.15, -0.1) is 0 Å². The Hall–Kier alpha value is -3.32. The van der Waals surface area contributed by atoms with Crippen LogP contribution in [0.15, 0.2) is 42.5 Å². The third-order valence-electron chi connectivity index (χ3n) is 6.12. The number of carbonyl (C=O) groups is 3. The summed E-state index contributed by atoms with van der Waals surface area (Å²) in [6, 6.07) is 9.78. The quantitative estimate of drug-likeness (QED) is 0.433. The largest absolute Gasteiger partial charge is 0.507 e. The smallest absolute Gasteiger partial charge is 0.410 e. The van der Waals surface area contributed by atoms with Crippen LogP contribution < -0.4 is 4.74 Å². The van der Waals surface area contributed by atoms with Crippen molar-refractivity contribution >= 4 is 35.3 Å². The number of Topliss-reactive ketones (excluding diaryl/α,β-unsaturated/α-hetero) is 1. The van der Waals surface area contributed by atoms with E-state index in [9.17, 15) is 19.5 Å². The highest BCUT2D eigenvalue weighted by molar-refractivity contribution is 6.32. The minimum absolute atomic E-state index is 0.0136. The van der Waals surface area contributed by atoms with Crippen LogP contribution in [0.3, 0.4) is 0 Å². The lowest BCUT2D eigenvalue weighted by atomic mass is 9.82. The second-order valence-electron chi connectivity index (χ2n) is 9.94. The monoisotopic (exact) mass is 497 g/mol. The molecule has 0 saturated carbocycles. The van der Waals surface area contributed by atoms with Crippen molar-refractivity contribution in [1.82, 2.24) is 4.90 Å². The van der Waals surface area contributed by atoms with Gasteiger partial charge in [0.1, 0.15) is 22.7 Å². The molecular weight excluding hydrogens is 470 g/mol. The first kappa shape index (κ1) is 24.8. The Morgan fingerprint density at radius 2 is 1.86 bits per heavy atom. The molecule has 1 spiro atoms. The maximum atomic E-state index is 13.1. The molecule has 0 radical (unpaired) electrons. The molecule has 184 valence electrons. The summed E-state index contributed by atoms with van der Waals surface area (Å²) in [5.74, 6) is -0.644. The van der Waals surface area contributed by atoms with Crippen molar-refractivity contribution < 1.29 is 29.0 Å². The Kier molecular flexibility index (Phi) is 6.64. The summed E-state index contributed by atoms with van der Waals surface area (Å²) in [6.45, 7) is 6.23. The SMILES string of the molecule is CC(C)(C)OC(=O)N1CCC2(CC1)CC(=O)c1cc(C(=O)/C=C/c3ccccc3Cl)c(O)cc1O2. The van der Waals surface area contributed by atoms with Crippen LogP contribution in [0.2, 0.25) is 5.02 Å². The summed E-state index contributed by atoms with van der Waals surface area (Å²) in [4.78, 5) is 39.8. The van der Waals surface area contributed by atoms with Crippen molar-refractivity contribution in [3.05, 3.63) is 64.2 Å². The number of likely N-dealkylation sites (tertiary alicyclic amines) is 1. The van der Waals surface area contributed by atoms with Gasteiger partial charge in [0.15, 0.2) is 11.6 Å². The molecule has 1 saturated heterocycles. The van der Waals surface area contributed by atoms with Gasteiger partial charge >= 0.3 is 6.09 Å². The van der Waals surface area contributed by atoms with Crippen LogP contribution in [-0.4, -0.2) is 52.0 Å². The number of nitrogens with zero attached hydrogens (tertiary/aromatic N) is 1. The van der Waals surface area contributed by atoms with Crippen molar-refractivity contribution in [2.75, 3.05) is 13.1 Å². The summed E-state index contributed by atoms with van der Waals surface area (Å²) in [5.41, 5.74) is -0.404. The van der Waals surface area contributed by atoms with Crippen molar-refractivity contribution in [3.63, 3.8) is 0 Å². The minimum Gasteiger partial charge on any atom is -0.507 e. The van der Waals surface area contributed by atoms with E-state index in [-0.39, 0.29) is 40.9 Å². The van der Waals surface area contributed by atoms with Crippen LogP contribution >= 0.6 is 11.6 Å². The number of ether oxygens (including phenoxy) is 2. The lowest BCUT2D eigenvalue weighted by Crippen LogP contribution is -2.53. The Bertz CT molecular complexity index is 1200. The molecule has 0 aromatic heterocycles. The summed E-state index contributed by atoms with van der Waals surface area (Å²) < 4.78 is 11.7. The number of allylic oxidation sites excluding steroid dienone is 1. The van der Waals surface area contributed by atoms with E-state index in [1.807, 2.05) is 20.8 Å². The molecule has 2 heterocycles. The number of halogens is 1. The predicted molar refractivity (Wildman–Crippen MR) is 132 cm³/mol. The first-order valence-electron chi connectivity index (χ1n) is 11.5. The minimum atomic E-state index is -0.759. The molecule has 2 aromatic carbocycles. The summed E-state index contributed by atoms with van der Waals surface area (Å²) in [5, 5.41) is 11.0. The lowest BCUT2D eigenvalue weighted by molar-refractivity contribution is -0.0226. The van der Waals surface area contributed by atoms with Crippen LogP contribution in [0.1, 0.15) is 66.3 Å². The van der Waals surface area contributed by atoms with Gasteiger partial charge in [0.2, 0.25) is 0 Å². The van der Waals surface area contributed by atoms with Crippen LogP contribution in [0, 0.1) is 0 Å². The number of piperidine rings is 1. The summed E-state index contributed by atoms with van der Waals surface area (Å²) in [7, 11) is 0. The van der Waals surface area contributed by atoms with Gasteiger partial charge in [0.05, 0.1) is 17.5 Å². The first-order valence-corrected chi connectivity index (χ1v) is 11.9. The highest BCUT2D eigenvalue weighted by Gasteiger charge is 2.44. The number of rotatable bonds is 3. The van der Waals surface area contributed by atoms with Crippen LogP contribution in [0.25, 0.3) is 6.08 Å². The van der Waals surface area contributed by atoms with Gasteiger partial charge in [0, 0.05) is 37.0 Å². The van der Waals surface area contributed by atoms with E-state index in [2.05, 4.69) is 0 Å². The fourth-order valence-corrected chi connectivity index (χ4v) is 4.49. The molecule has 2 aromatic rings. The number of benzene rings is 2. The highest BCUT2D eigenvalue weighted by atomic mass is 35.5. The van der Waals surface area contributed by atoms with E-state index in [0.717, 1.165) is 0 Å². The van der Waals surface area contributed by atoms with Gasteiger partial charge in [0.25, 0.3) is 0 Å². The van der Waals surface area contributed by atoms with Crippen molar-refractivity contribution in [3.8, 4) is 11.5 Å². The van der Waals surface area contributed by atoms with Gasteiger partial charge in [-0.05, 0) is 50.6 Å². The Morgan fingerprint density at radius 3 is 2.51 bits per heavy atom. The number of ketones is 2. The number of carbonyl (C=O) groups excluding carboxylic acids is 3. The number of aromatic hydroxyl groups is 1. The first-order chi connectivity index (χ1) is 16.5. The average molecular weight is 498 g/mol. The molecule has 7 nitrogen and oxygen atoms in total. The third kappa shape index (κ3) is 5.51. The number of amides is 1. The topological polar surface area (TPSA) is 93.1 Å². The van der Waals surface area contributed by atoms with Crippen molar-refractivity contribution in [2.45, 2.75) is 51.2 Å². The molecule has 1 amide bonds. The summed E-state index contributed by atoms with van der Waals surface area (Å²) in [6.07, 6.45) is 3.54. The zero-order valence-electron chi connectivity index (χ0n) is 20.0. The number of phenolic OH excluding ortho intramolecular Hbond substituents is 1. The van der Waals surface area contributed by atoms with Crippen molar-refractivity contribution in [2.24, 2.45) is 0 Å². The zero-order chi connectivity index (χ0) is 25.4. The maximum absolute atomic E-state index is 13.1. The van der Waals surface area contributed by atoms with Gasteiger partial charge in [-0.25, -0.2) is 4.79 Å². The van der Waals surface area contributed by atoms with E-state index in [0.29, 0.717) is 36.5 Å². The molecular formula is C27H28ClNO6. The molecule has 8 heteroatoms. The van der Waals surface area contributed by atoms with E-state index in [1.54, 1.807) is 35.2 Å². The fourth-order valence-electron chi connectivity index (χ4n) is 4.29. The Labute approximate surface area is 209 Å². The number of hydrogen-bond donors (Lipinski definition) is 1. The van der Waals surface area contributed by atoms with Crippen LogP contribution in [0.4, 0.5) is 4.79 Å². The number of phenols is 1. The molecule has 1 N–H and O–H groups in total. The standard InChI is InChI=1S/C27H28ClNO6/c1-26(2,3)35-25(33)29-12-10-27(11-13-29)16-23(32)19-14-18(22(31)15-24(19)34-27)21(30)9-8-17-6-4-5-7-20(17)28/h4-9,14-15,31H,10-13,16H2,1-3H3/b9-8+. The molecule has 0 bridgehead atoms. The molecule has 1 fully saturated rings. The van der Waals surface area contributed by atoms with E-state index >= 15 is 0 Å². The van der Waals surface area contributed by atoms with E-state index in [1.165, 1.54) is 18.2 Å². The second-order valence-corrected chi connectivity index (χ2v) is 10.3. The molecule has 0 atom stereocenters. The van der Waals surface area contributed by atoms with Crippen LogP contribution in [0.5, 0.6) is 11.5 Å². The van der Waals surface area contributed by atoms with E-state index < -0.39 is 17.0 Å². The van der Waals surface area contributed by atoms with Gasteiger partial charge in [-0.1, -0.05) is 29.8 Å². The highest BCUT2D eigenvalue weighted by Crippen LogP contribution is 2.42. The molecule has 2 aliphatic rings. The molecule has 0 aliphatic carbocycles. The fraction of sp³-hybridized carbons (Fsp3) is 0.370. The van der Waals surface area contributed by atoms with E-state index in [4.69, 9.17) is 21.1 Å². The molecule has 35 heavy (non-hydrogen) atoms. The van der Waals surface area contributed by atoms with Crippen molar-refractivity contribution in [1.29, 1.82) is 0 Å². The van der Waals surface area contributed by atoms with Gasteiger partial charge in [-0.3, -0.25) is 9.59 Å². The predicted octanol–water partition coefficient (Wildman–Crippen LogP) is 5.68.